The first kappa shape index (κ1) is 9.82. The van der Waals surface area contributed by atoms with Crippen molar-refractivity contribution in [3.8, 4) is 11.5 Å². The Kier molecular flexibility index (Phi) is 3.79. The molecule has 0 aliphatic carbocycles. The van der Waals surface area contributed by atoms with Crippen LogP contribution in [0.25, 0.3) is 0 Å². The van der Waals surface area contributed by atoms with Crippen LogP contribution in [0.3, 0.4) is 0 Å². The number of rotatable bonds is 0. The maximum absolute atomic E-state index is 8.94. The first-order valence-corrected chi connectivity index (χ1v) is 2.69. The minimum atomic E-state index is 0. The van der Waals surface area contributed by atoms with E-state index in [1.807, 2.05) is 0 Å². The molecule has 2 N–H and O–H groups in total. The fraction of sp³-hybridized carbons (Fsp3) is 0.143. The van der Waals surface area contributed by atoms with E-state index in [0.29, 0.717) is 5.56 Å². The third-order valence-electron chi connectivity index (χ3n) is 1.28. The topological polar surface area (TPSA) is 40.5 Å². The summed E-state index contributed by atoms with van der Waals surface area (Å²) in [6.45, 7) is 1.66. The van der Waals surface area contributed by atoms with E-state index in [4.69, 9.17) is 10.2 Å². The van der Waals surface area contributed by atoms with Crippen molar-refractivity contribution in [3.63, 3.8) is 0 Å². The molecule has 0 amide bonds. The van der Waals surface area contributed by atoms with Gasteiger partial charge < -0.3 is 10.2 Å². The van der Waals surface area contributed by atoms with Crippen LogP contribution in [-0.2, 0) is 0 Å². The van der Waals surface area contributed by atoms with Crippen LogP contribution in [0.4, 0.5) is 0 Å². The van der Waals surface area contributed by atoms with Gasteiger partial charge in [-0.2, -0.15) is 0 Å². The van der Waals surface area contributed by atoms with Crippen molar-refractivity contribution in [2.45, 2.75) is 6.92 Å². The molecular formula is C7H9NaO2. The van der Waals surface area contributed by atoms with Crippen molar-refractivity contribution in [2.24, 2.45) is 0 Å². The van der Waals surface area contributed by atoms with Crippen molar-refractivity contribution >= 4 is 29.6 Å². The Morgan fingerprint density at radius 1 is 1.10 bits per heavy atom. The standard InChI is InChI=1S/C7H8O2.Na.H/c1-5-6(8)3-2-4-7(5)9;;/h2-4,8-9H,1H3;;. The van der Waals surface area contributed by atoms with E-state index >= 15 is 0 Å². The second-order valence-corrected chi connectivity index (χ2v) is 1.92. The van der Waals surface area contributed by atoms with Gasteiger partial charge in [-0.1, -0.05) is 6.07 Å². The van der Waals surface area contributed by atoms with E-state index in [1.165, 1.54) is 12.1 Å². The Morgan fingerprint density at radius 3 is 1.80 bits per heavy atom. The summed E-state index contributed by atoms with van der Waals surface area (Å²) >= 11 is 0. The molecule has 1 aromatic carbocycles. The van der Waals surface area contributed by atoms with Gasteiger partial charge in [0.25, 0.3) is 0 Å². The number of phenols is 2. The molecular weight excluding hydrogens is 139 g/mol. The summed E-state index contributed by atoms with van der Waals surface area (Å²) in [6.07, 6.45) is 0. The van der Waals surface area contributed by atoms with Gasteiger partial charge in [-0.25, -0.2) is 0 Å². The van der Waals surface area contributed by atoms with Crippen molar-refractivity contribution in [3.05, 3.63) is 23.8 Å². The summed E-state index contributed by atoms with van der Waals surface area (Å²) in [7, 11) is 0. The Bertz CT molecular complexity index is 203. The van der Waals surface area contributed by atoms with Gasteiger partial charge in [-0.05, 0) is 19.1 Å². The SMILES string of the molecule is Cc1c(O)cccc1O.[NaH]. The minimum absolute atomic E-state index is 0. The van der Waals surface area contributed by atoms with Crippen LogP contribution < -0.4 is 0 Å². The second-order valence-electron chi connectivity index (χ2n) is 1.92. The molecule has 0 saturated heterocycles. The van der Waals surface area contributed by atoms with Crippen LogP contribution in [-0.4, -0.2) is 39.8 Å². The van der Waals surface area contributed by atoms with Crippen molar-refractivity contribution in [1.82, 2.24) is 0 Å². The molecule has 10 heavy (non-hydrogen) atoms. The quantitative estimate of drug-likeness (QED) is 0.533. The molecule has 0 radical (unpaired) electrons. The van der Waals surface area contributed by atoms with Crippen LogP contribution in [0.5, 0.6) is 11.5 Å². The summed E-state index contributed by atoms with van der Waals surface area (Å²) in [6, 6.07) is 4.67. The van der Waals surface area contributed by atoms with Gasteiger partial charge in [-0.15, -0.1) is 0 Å². The Hall–Kier alpha value is -0.180. The fourth-order valence-corrected chi connectivity index (χ4v) is 0.612. The van der Waals surface area contributed by atoms with Gasteiger partial charge in [-0.3, -0.25) is 0 Å². The molecule has 0 unspecified atom stereocenters. The summed E-state index contributed by atoms with van der Waals surface area (Å²) < 4.78 is 0. The van der Waals surface area contributed by atoms with Crippen molar-refractivity contribution < 1.29 is 10.2 Å². The molecule has 0 aliphatic rings. The molecule has 1 rings (SSSR count). The van der Waals surface area contributed by atoms with Crippen LogP contribution in [0, 0.1) is 6.92 Å². The van der Waals surface area contributed by atoms with Gasteiger partial charge in [0, 0.05) is 5.56 Å². The molecule has 2 nitrogen and oxygen atoms in total. The summed E-state index contributed by atoms with van der Waals surface area (Å²) in [4.78, 5) is 0. The molecule has 1 aromatic rings. The predicted molar refractivity (Wildman–Crippen MR) is 41.7 cm³/mol. The van der Waals surface area contributed by atoms with Gasteiger partial charge in [0.1, 0.15) is 11.5 Å². The van der Waals surface area contributed by atoms with E-state index in [2.05, 4.69) is 0 Å². The zero-order chi connectivity index (χ0) is 6.85. The zero-order valence-corrected chi connectivity index (χ0v) is 5.13. The van der Waals surface area contributed by atoms with Crippen LogP contribution in [0.1, 0.15) is 5.56 Å². The molecule has 0 fully saturated rings. The average molecular weight is 148 g/mol. The molecule has 0 saturated carbocycles. The van der Waals surface area contributed by atoms with E-state index < -0.39 is 0 Å². The van der Waals surface area contributed by atoms with Crippen molar-refractivity contribution in [1.29, 1.82) is 0 Å². The zero-order valence-electron chi connectivity index (χ0n) is 5.13. The number of aromatic hydroxyl groups is 2. The summed E-state index contributed by atoms with van der Waals surface area (Å²) in [5.41, 5.74) is 0.525. The third-order valence-corrected chi connectivity index (χ3v) is 1.28. The van der Waals surface area contributed by atoms with E-state index in [9.17, 15) is 0 Å². The van der Waals surface area contributed by atoms with Gasteiger partial charge in [0.2, 0.25) is 0 Å². The molecule has 50 valence electrons. The van der Waals surface area contributed by atoms with Crippen LogP contribution in [0.2, 0.25) is 0 Å². The van der Waals surface area contributed by atoms with Gasteiger partial charge in [0.05, 0.1) is 0 Å². The van der Waals surface area contributed by atoms with Crippen LogP contribution >= 0.6 is 0 Å². The number of hydrogen-bond donors (Lipinski definition) is 2. The number of benzene rings is 1. The molecule has 0 aromatic heterocycles. The number of phenolic OH excluding ortho intramolecular Hbond substituents is 2. The molecule has 0 spiro atoms. The first-order chi connectivity index (χ1) is 4.22. The number of hydrogen-bond acceptors (Lipinski definition) is 2. The Morgan fingerprint density at radius 2 is 1.50 bits per heavy atom. The van der Waals surface area contributed by atoms with E-state index in [0.717, 1.165) is 0 Å². The molecule has 0 heterocycles. The second kappa shape index (κ2) is 3.86. The Labute approximate surface area is 81.8 Å². The molecule has 0 bridgehead atoms. The van der Waals surface area contributed by atoms with Gasteiger partial charge in [0.15, 0.2) is 0 Å². The van der Waals surface area contributed by atoms with Crippen LogP contribution in [0.15, 0.2) is 18.2 Å². The van der Waals surface area contributed by atoms with E-state index in [1.54, 1.807) is 13.0 Å². The third kappa shape index (κ3) is 1.90. The van der Waals surface area contributed by atoms with Gasteiger partial charge >= 0.3 is 29.6 Å². The molecule has 3 heteroatoms. The summed E-state index contributed by atoms with van der Waals surface area (Å²) in [5.74, 6) is 0.269. The maximum atomic E-state index is 8.94. The predicted octanol–water partition coefficient (Wildman–Crippen LogP) is 0.758. The average Bonchev–Trinajstić information content (AvgIpc) is 1.83. The summed E-state index contributed by atoms with van der Waals surface area (Å²) in [5, 5.41) is 17.9. The van der Waals surface area contributed by atoms with Crippen molar-refractivity contribution in [2.75, 3.05) is 0 Å². The monoisotopic (exact) mass is 148 g/mol. The first-order valence-electron chi connectivity index (χ1n) is 2.69. The fourth-order valence-electron chi connectivity index (χ4n) is 0.612. The normalized spacial score (nSPS) is 8.50. The Balaban J connectivity index is 0.000000810. The van der Waals surface area contributed by atoms with E-state index in [-0.39, 0.29) is 41.1 Å². The molecule has 0 atom stereocenters. The molecule has 0 aliphatic heterocycles.